The molecule has 0 atom stereocenters. The Morgan fingerprint density at radius 3 is 3.00 bits per heavy atom. The molecule has 0 saturated heterocycles. The van der Waals surface area contributed by atoms with Gasteiger partial charge >= 0.3 is 0 Å². The number of ether oxygens (including phenoxy) is 1. The Morgan fingerprint density at radius 2 is 2.36 bits per heavy atom. The lowest BCUT2D eigenvalue weighted by molar-refractivity contribution is 0.199. The van der Waals surface area contributed by atoms with Gasteiger partial charge in [-0.2, -0.15) is 0 Å². The van der Waals surface area contributed by atoms with Crippen molar-refractivity contribution in [2.45, 2.75) is 19.8 Å². The largest absolute Gasteiger partial charge is 0.383 e. The van der Waals surface area contributed by atoms with E-state index in [-0.39, 0.29) is 0 Å². The molecule has 1 N–H and O–H groups in total. The first kappa shape index (κ1) is 11.6. The second kappa shape index (κ2) is 6.92. The van der Waals surface area contributed by atoms with Gasteiger partial charge in [-0.3, -0.25) is 0 Å². The van der Waals surface area contributed by atoms with Crippen LogP contribution in [0, 0.1) is 6.92 Å². The molecule has 3 nitrogen and oxygen atoms in total. The first-order valence-electron chi connectivity index (χ1n) is 4.93. The highest BCUT2D eigenvalue weighted by Gasteiger charge is 1.97. The van der Waals surface area contributed by atoms with Crippen molar-refractivity contribution in [3.63, 3.8) is 0 Å². The molecule has 0 spiro atoms. The minimum Gasteiger partial charge on any atom is -0.383 e. The molecule has 0 bridgehead atoms. The number of aromatic nitrogens is 1. The molecule has 14 heavy (non-hydrogen) atoms. The van der Waals surface area contributed by atoms with E-state index >= 15 is 0 Å². The molecular weight excluding hydrogens is 196 g/mol. The summed E-state index contributed by atoms with van der Waals surface area (Å²) < 4.78 is 4.94. The third-order valence-corrected chi connectivity index (χ3v) is 2.76. The van der Waals surface area contributed by atoms with Crippen LogP contribution in [0.25, 0.3) is 0 Å². The summed E-state index contributed by atoms with van der Waals surface area (Å²) in [6.45, 7) is 4.81. The van der Waals surface area contributed by atoms with Gasteiger partial charge in [-0.15, -0.1) is 11.3 Å². The van der Waals surface area contributed by atoms with Crippen molar-refractivity contribution in [2.75, 3.05) is 26.8 Å². The van der Waals surface area contributed by atoms with Crippen LogP contribution in [0.3, 0.4) is 0 Å². The Labute approximate surface area is 89.5 Å². The Morgan fingerprint density at radius 1 is 1.50 bits per heavy atom. The second-order valence-electron chi connectivity index (χ2n) is 3.20. The smallest absolute Gasteiger partial charge is 0.0897 e. The molecule has 0 radical (unpaired) electrons. The van der Waals surface area contributed by atoms with E-state index in [2.05, 4.69) is 15.7 Å². The molecule has 0 fully saturated rings. The lowest BCUT2D eigenvalue weighted by Crippen LogP contribution is -2.20. The average molecular weight is 214 g/mol. The minimum absolute atomic E-state index is 0.788. The van der Waals surface area contributed by atoms with Crippen LogP contribution in [0.4, 0.5) is 0 Å². The second-order valence-corrected chi connectivity index (χ2v) is 4.27. The van der Waals surface area contributed by atoms with Gasteiger partial charge in [-0.1, -0.05) is 0 Å². The van der Waals surface area contributed by atoms with E-state index in [0.717, 1.165) is 37.5 Å². The SMILES string of the molecule is COCCNCCCc1csc(C)n1. The summed E-state index contributed by atoms with van der Waals surface area (Å²) in [4.78, 5) is 4.41. The van der Waals surface area contributed by atoms with E-state index in [1.165, 1.54) is 5.69 Å². The van der Waals surface area contributed by atoms with Crippen LogP contribution < -0.4 is 5.32 Å². The van der Waals surface area contributed by atoms with E-state index in [1.807, 2.05) is 6.92 Å². The number of hydrogen-bond donors (Lipinski definition) is 1. The third-order valence-electron chi connectivity index (χ3n) is 1.94. The van der Waals surface area contributed by atoms with E-state index < -0.39 is 0 Å². The van der Waals surface area contributed by atoms with E-state index in [1.54, 1.807) is 18.4 Å². The maximum Gasteiger partial charge on any atom is 0.0897 e. The molecule has 1 aromatic rings. The molecule has 0 amide bonds. The van der Waals surface area contributed by atoms with Crippen LogP contribution in [0.5, 0.6) is 0 Å². The molecular formula is C10H18N2OS. The lowest BCUT2D eigenvalue weighted by Gasteiger charge is -2.02. The number of methoxy groups -OCH3 is 1. The molecule has 0 aliphatic rings. The fourth-order valence-corrected chi connectivity index (χ4v) is 1.86. The summed E-state index contributed by atoms with van der Waals surface area (Å²) in [5.41, 5.74) is 1.22. The van der Waals surface area contributed by atoms with Crippen LogP contribution in [0.1, 0.15) is 17.1 Å². The summed E-state index contributed by atoms with van der Waals surface area (Å²) in [6.07, 6.45) is 2.22. The van der Waals surface area contributed by atoms with Crippen molar-refractivity contribution in [3.8, 4) is 0 Å². The summed E-state index contributed by atoms with van der Waals surface area (Å²) in [5, 5.41) is 6.62. The topological polar surface area (TPSA) is 34.1 Å². The molecule has 0 saturated carbocycles. The van der Waals surface area contributed by atoms with Gasteiger partial charge in [0.15, 0.2) is 0 Å². The molecule has 80 valence electrons. The van der Waals surface area contributed by atoms with Gasteiger partial charge in [0.05, 0.1) is 17.3 Å². The quantitative estimate of drug-likeness (QED) is 0.700. The van der Waals surface area contributed by atoms with Gasteiger partial charge in [0.1, 0.15) is 0 Å². The highest BCUT2D eigenvalue weighted by atomic mass is 32.1. The van der Waals surface area contributed by atoms with Gasteiger partial charge < -0.3 is 10.1 Å². The van der Waals surface area contributed by atoms with Gasteiger partial charge in [0.25, 0.3) is 0 Å². The maximum absolute atomic E-state index is 4.94. The zero-order valence-corrected chi connectivity index (χ0v) is 9.69. The zero-order valence-electron chi connectivity index (χ0n) is 8.88. The van der Waals surface area contributed by atoms with Gasteiger partial charge in [-0.25, -0.2) is 4.98 Å². The van der Waals surface area contributed by atoms with Crippen LogP contribution in [-0.4, -0.2) is 31.8 Å². The Kier molecular flexibility index (Phi) is 5.75. The highest BCUT2D eigenvalue weighted by Crippen LogP contribution is 2.09. The molecule has 1 rings (SSSR count). The van der Waals surface area contributed by atoms with Crippen molar-refractivity contribution in [2.24, 2.45) is 0 Å². The minimum atomic E-state index is 0.788. The van der Waals surface area contributed by atoms with Gasteiger partial charge in [-0.05, 0) is 26.3 Å². The fraction of sp³-hybridized carbons (Fsp3) is 0.700. The molecule has 0 unspecified atom stereocenters. The predicted octanol–water partition coefficient (Wildman–Crippen LogP) is 1.62. The van der Waals surface area contributed by atoms with Crippen molar-refractivity contribution in [1.82, 2.24) is 10.3 Å². The van der Waals surface area contributed by atoms with E-state index in [9.17, 15) is 0 Å². The number of rotatable bonds is 7. The van der Waals surface area contributed by atoms with Crippen molar-refractivity contribution < 1.29 is 4.74 Å². The monoisotopic (exact) mass is 214 g/mol. The number of aryl methyl sites for hydroxylation is 2. The van der Waals surface area contributed by atoms with Gasteiger partial charge in [0, 0.05) is 19.0 Å². The molecule has 0 aliphatic carbocycles. The van der Waals surface area contributed by atoms with Crippen LogP contribution in [0.15, 0.2) is 5.38 Å². The molecule has 1 heterocycles. The normalized spacial score (nSPS) is 10.7. The Bertz CT molecular complexity index is 250. The van der Waals surface area contributed by atoms with E-state index in [4.69, 9.17) is 4.74 Å². The summed E-state index contributed by atoms with van der Waals surface area (Å²) >= 11 is 1.72. The van der Waals surface area contributed by atoms with Crippen molar-refractivity contribution in [1.29, 1.82) is 0 Å². The van der Waals surface area contributed by atoms with E-state index in [0.29, 0.717) is 0 Å². The summed E-state index contributed by atoms with van der Waals surface area (Å²) in [7, 11) is 1.72. The highest BCUT2D eigenvalue weighted by molar-refractivity contribution is 7.09. The van der Waals surface area contributed by atoms with Crippen molar-refractivity contribution >= 4 is 11.3 Å². The van der Waals surface area contributed by atoms with Crippen molar-refractivity contribution in [3.05, 3.63) is 16.1 Å². The van der Waals surface area contributed by atoms with Crippen LogP contribution in [0.2, 0.25) is 0 Å². The third kappa shape index (κ3) is 4.69. The average Bonchev–Trinajstić information content (AvgIpc) is 2.58. The fourth-order valence-electron chi connectivity index (χ4n) is 1.22. The zero-order chi connectivity index (χ0) is 10.2. The van der Waals surface area contributed by atoms with Gasteiger partial charge in [0.2, 0.25) is 0 Å². The number of nitrogens with zero attached hydrogens (tertiary/aromatic N) is 1. The molecule has 4 heteroatoms. The number of nitrogens with one attached hydrogen (secondary N) is 1. The molecule has 0 aliphatic heterocycles. The maximum atomic E-state index is 4.94. The predicted molar refractivity (Wildman–Crippen MR) is 59.9 cm³/mol. The summed E-state index contributed by atoms with van der Waals surface area (Å²) in [6, 6.07) is 0. The first-order valence-corrected chi connectivity index (χ1v) is 5.81. The molecule has 1 aromatic heterocycles. The first-order chi connectivity index (χ1) is 6.83. The van der Waals surface area contributed by atoms with Crippen LogP contribution >= 0.6 is 11.3 Å². The Hall–Kier alpha value is -0.450. The molecule has 0 aromatic carbocycles. The van der Waals surface area contributed by atoms with Crippen LogP contribution in [-0.2, 0) is 11.2 Å². The number of hydrogen-bond acceptors (Lipinski definition) is 4. The Balaban J connectivity index is 1.99. The summed E-state index contributed by atoms with van der Waals surface area (Å²) in [5.74, 6) is 0. The number of thiazole rings is 1. The lowest BCUT2D eigenvalue weighted by atomic mass is 10.2. The standard InChI is InChI=1S/C10H18N2OS/c1-9-12-10(8-14-9)4-3-5-11-6-7-13-2/h8,11H,3-7H2,1-2H3.